The Bertz CT molecular complexity index is 1220. The molecule has 33 heavy (non-hydrogen) atoms. The molecule has 1 unspecified atom stereocenters. The van der Waals surface area contributed by atoms with Crippen LogP contribution in [0.1, 0.15) is 30.5 Å². The molecule has 0 saturated carbocycles. The molecule has 1 saturated heterocycles. The summed E-state index contributed by atoms with van der Waals surface area (Å²) in [5.41, 5.74) is 1.29. The van der Waals surface area contributed by atoms with E-state index in [1.54, 1.807) is 60.7 Å². The molecule has 0 aliphatic carbocycles. The van der Waals surface area contributed by atoms with Gasteiger partial charge in [-0.25, -0.2) is 0 Å². The molecule has 7 heteroatoms. The first-order valence-electron chi connectivity index (χ1n) is 10.5. The van der Waals surface area contributed by atoms with E-state index >= 15 is 0 Å². The van der Waals surface area contributed by atoms with Gasteiger partial charge in [0.2, 0.25) is 0 Å². The zero-order valence-electron chi connectivity index (χ0n) is 17.9. The SMILES string of the molecule is CCCOc1ccc(/C(O)=C2/C(=O)C(=O)N(c3ccccc3)C2c2ccc(O)c(Cl)c2)cc1. The van der Waals surface area contributed by atoms with Gasteiger partial charge in [0.15, 0.2) is 0 Å². The van der Waals surface area contributed by atoms with E-state index in [9.17, 15) is 19.8 Å². The first-order valence-corrected chi connectivity index (χ1v) is 10.9. The summed E-state index contributed by atoms with van der Waals surface area (Å²) in [7, 11) is 0. The molecular weight excluding hydrogens is 442 g/mol. The van der Waals surface area contributed by atoms with E-state index in [-0.39, 0.29) is 22.1 Å². The van der Waals surface area contributed by atoms with Crippen LogP contribution in [-0.4, -0.2) is 28.5 Å². The van der Waals surface area contributed by atoms with Crippen molar-refractivity contribution >= 4 is 34.7 Å². The third-order valence-electron chi connectivity index (χ3n) is 5.37. The molecule has 1 aliphatic rings. The number of anilines is 1. The number of carbonyl (C=O) groups is 2. The topological polar surface area (TPSA) is 87.1 Å². The van der Waals surface area contributed by atoms with E-state index in [4.69, 9.17) is 16.3 Å². The lowest BCUT2D eigenvalue weighted by Crippen LogP contribution is -2.29. The maximum Gasteiger partial charge on any atom is 0.300 e. The lowest BCUT2D eigenvalue weighted by atomic mass is 9.95. The number of aromatic hydroxyl groups is 1. The van der Waals surface area contributed by atoms with Crippen molar-refractivity contribution in [3.63, 3.8) is 0 Å². The average molecular weight is 464 g/mol. The smallest absolute Gasteiger partial charge is 0.300 e. The molecule has 168 valence electrons. The number of carbonyl (C=O) groups excluding carboxylic acids is 2. The van der Waals surface area contributed by atoms with Crippen LogP contribution in [0, 0.1) is 0 Å². The zero-order chi connectivity index (χ0) is 23.5. The van der Waals surface area contributed by atoms with Crippen molar-refractivity contribution in [2.75, 3.05) is 11.5 Å². The molecule has 1 aliphatic heterocycles. The largest absolute Gasteiger partial charge is 0.507 e. The summed E-state index contributed by atoms with van der Waals surface area (Å²) in [4.78, 5) is 27.5. The molecule has 2 N–H and O–H groups in total. The van der Waals surface area contributed by atoms with Gasteiger partial charge in [-0.2, -0.15) is 0 Å². The molecule has 3 aromatic carbocycles. The lowest BCUT2D eigenvalue weighted by molar-refractivity contribution is -0.132. The van der Waals surface area contributed by atoms with Gasteiger partial charge >= 0.3 is 0 Å². The molecule has 6 nitrogen and oxygen atoms in total. The molecule has 1 fully saturated rings. The Kier molecular flexibility index (Phi) is 6.38. The number of hydrogen-bond donors (Lipinski definition) is 2. The van der Waals surface area contributed by atoms with Crippen LogP contribution in [-0.2, 0) is 9.59 Å². The predicted octanol–water partition coefficient (Wildman–Crippen LogP) is 5.46. The Hall–Kier alpha value is -3.77. The number of hydrogen-bond acceptors (Lipinski definition) is 5. The number of phenols is 1. The highest BCUT2D eigenvalue weighted by molar-refractivity contribution is 6.51. The number of phenolic OH excluding ortho intramolecular Hbond substituents is 1. The average Bonchev–Trinajstić information content (AvgIpc) is 3.10. The zero-order valence-corrected chi connectivity index (χ0v) is 18.6. The number of ketones is 1. The van der Waals surface area contributed by atoms with Crippen molar-refractivity contribution < 1.29 is 24.5 Å². The van der Waals surface area contributed by atoms with Crippen LogP contribution >= 0.6 is 11.6 Å². The number of rotatable bonds is 6. The summed E-state index contributed by atoms with van der Waals surface area (Å²) in [6, 6.07) is 18.9. The minimum absolute atomic E-state index is 0.0622. The fraction of sp³-hybridized carbons (Fsp3) is 0.154. The Morgan fingerprint density at radius 1 is 1.03 bits per heavy atom. The second-order valence-electron chi connectivity index (χ2n) is 7.59. The standard InChI is InChI=1S/C26H22ClNO5/c1-2-14-33-19-11-8-16(9-12-19)24(30)22-23(17-10-13-21(29)20(27)15-17)28(26(32)25(22)31)18-6-4-3-5-7-18/h3-13,15,23,29-30H,2,14H2,1H3/b24-22-. The molecule has 1 atom stereocenters. The van der Waals surface area contributed by atoms with Gasteiger partial charge in [-0.15, -0.1) is 0 Å². The van der Waals surface area contributed by atoms with Crippen molar-refractivity contribution in [2.24, 2.45) is 0 Å². The Morgan fingerprint density at radius 2 is 1.73 bits per heavy atom. The fourth-order valence-electron chi connectivity index (χ4n) is 3.78. The highest BCUT2D eigenvalue weighted by Gasteiger charge is 2.47. The normalized spacial score (nSPS) is 17.4. The number of aliphatic hydroxyl groups excluding tert-OH is 1. The third-order valence-corrected chi connectivity index (χ3v) is 5.67. The van der Waals surface area contributed by atoms with Crippen molar-refractivity contribution in [1.29, 1.82) is 0 Å². The molecule has 0 radical (unpaired) electrons. The predicted molar refractivity (Wildman–Crippen MR) is 127 cm³/mol. The summed E-state index contributed by atoms with van der Waals surface area (Å²) in [5.74, 6) is -1.36. The first kappa shape index (κ1) is 22.4. The third kappa shape index (κ3) is 4.30. The van der Waals surface area contributed by atoms with Crippen LogP contribution in [0.2, 0.25) is 5.02 Å². The van der Waals surface area contributed by atoms with E-state index in [1.807, 2.05) is 6.92 Å². The van der Waals surface area contributed by atoms with Gasteiger partial charge in [-0.05, 0) is 60.5 Å². The van der Waals surface area contributed by atoms with E-state index in [0.29, 0.717) is 29.2 Å². The Morgan fingerprint density at radius 3 is 2.36 bits per heavy atom. The first-order chi connectivity index (χ1) is 15.9. The number of nitrogens with zero attached hydrogens (tertiary/aromatic N) is 1. The summed E-state index contributed by atoms with van der Waals surface area (Å²) >= 11 is 6.13. The number of benzene rings is 3. The quantitative estimate of drug-likeness (QED) is 0.288. The summed E-state index contributed by atoms with van der Waals surface area (Å²) in [6.07, 6.45) is 0.861. The monoisotopic (exact) mass is 463 g/mol. The van der Waals surface area contributed by atoms with Crippen molar-refractivity contribution in [3.8, 4) is 11.5 Å². The second kappa shape index (κ2) is 9.38. The van der Waals surface area contributed by atoms with Gasteiger partial charge in [0, 0.05) is 11.3 Å². The van der Waals surface area contributed by atoms with E-state index in [0.717, 1.165) is 6.42 Å². The number of aliphatic hydroxyl groups is 1. The van der Waals surface area contributed by atoms with Crippen LogP contribution in [0.4, 0.5) is 5.69 Å². The number of halogens is 1. The van der Waals surface area contributed by atoms with Gasteiger partial charge in [0.25, 0.3) is 11.7 Å². The van der Waals surface area contributed by atoms with Gasteiger partial charge in [0.1, 0.15) is 17.3 Å². The molecule has 1 heterocycles. The van der Waals surface area contributed by atoms with Crippen LogP contribution in [0.5, 0.6) is 11.5 Å². The van der Waals surface area contributed by atoms with E-state index in [1.165, 1.54) is 17.0 Å². The van der Waals surface area contributed by atoms with Gasteiger partial charge in [-0.3, -0.25) is 14.5 Å². The number of para-hydroxylation sites is 1. The summed E-state index contributed by atoms with van der Waals surface area (Å²) in [6.45, 7) is 2.57. The molecular formula is C26H22ClNO5. The fourth-order valence-corrected chi connectivity index (χ4v) is 3.97. The molecule has 3 aromatic rings. The van der Waals surface area contributed by atoms with E-state index in [2.05, 4.69) is 0 Å². The van der Waals surface area contributed by atoms with Crippen molar-refractivity contribution in [1.82, 2.24) is 0 Å². The maximum atomic E-state index is 13.1. The Balaban J connectivity index is 1.86. The highest BCUT2D eigenvalue weighted by atomic mass is 35.5. The molecule has 0 bridgehead atoms. The Labute approximate surface area is 196 Å². The molecule has 1 amide bonds. The van der Waals surface area contributed by atoms with Crippen LogP contribution in [0.15, 0.2) is 78.4 Å². The summed E-state index contributed by atoms with van der Waals surface area (Å²) in [5, 5.41) is 21.1. The second-order valence-corrected chi connectivity index (χ2v) is 8.00. The minimum atomic E-state index is -0.929. The van der Waals surface area contributed by atoms with Crippen LogP contribution in [0.3, 0.4) is 0 Å². The van der Waals surface area contributed by atoms with Gasteiger partial charge in [0.05, 0.1) is 23.2 Å². The molecule has 0 spiro atoms. The van der Waals surface area contributed by atoms with Crippen LogP contribution < -0.4 is 9.64 Å². The van der Waals surface area contributed by atoms with Gasteiger partial charge < -0.3 is 14.9 Å². The maximum absolute atomic E-state index is 13.1. The lowest BCUT2D eigenvalue weighted by Gasteiger charge is -2.25. The highest BCUT2D eigenvalue weighted by Crippen LogP contribution is 2.43. The molecule has 4 rings (SSSR count). The number of ether oxygens (including phenoxy) is 1. The van der Waals surface area contributed by atoms with Crippen molar-refractivity contribution in [3.05, 3.63) is 94.5 Å². The molecule has 0 aromatic heterocycles. The van der Waals surface area contributed by atoms with Gasteiger partial charge in [-0.1, -0.05) is 42.8 Å². The summed E-state index contributed by atoms with van der Waals surface area (Å²) < 4.78 is 5.58. The van der Waals surface area contributed by atoms with E-state index < -0.39 is 17.7 Å². The van der Waals surface area contributed by atoms with Crippen LogP contribution in [0.25, 0.3) is 5.76 Å². The van der Waals surface area contributed by atoms with Crippen molar-refractivity contribution in [2.45, 2.75) is 19.4 Å². The minimum Gasteiger partial charge on any atom is -0.507 e. The number of amides is 1. The number of Topliss-reactive ketones (excluding diaryl/α,β-unsaturated/α-hetero) is 1.